The molecule has 0 aliphatic carbocycles. The molecule has 0 radical (unpaired) electrons. The van der Waals surface area contributed by atoms with Gasteiger partial charge in [-0.1, -0.05) is 18.2 Å². The van der Waals surface area contributed by atoms with Crippen LogP contribution in [-0.2, 0) is 10.0 Å². The van der Waals surface area contributed by atoms with E-state index in [1.165, 1.54) is 25.4 Å². The summed E-state index contributed by atoms with van der Waals surface area (Å²) < 4.78 is 39.5. The maximum absolute atomic E-state index is 13.7. The average Bonchev–Trinajstić information content (AvgIpc) is 2.46. The summed E-state index contributed by atoms with van der Waals surface area (Å²) >= 11 is 0. The van der Waals surface area contributed by atoms with Gasteiger partial charge in [0.25, 0.3) is 10.0 Å². The van der Waals surface area contributed by atoms with Crippen molar-refractivity contribution in [2.45, 2.75) is 18.0 Å². The van der Waals surface area contributed by atoms with Crippen LogP contribution in [0, 0.1) is 5.82 Å². The van der Waals surface area contributed by atoms with Gasteiger partial charge in [0.2, 0.25) is 5.03 Å². The average molecular weight is 310 g/mol. The normalized spacial score (nSPS) is 13.3. The Morgan fingerprint density at radius 1 is 1.24 bits per heavy atom. The Morgan fingerprint density at radius 2 is 1.90 bits per heavy atom. The molecule has 21 heavy (non-hydrogen) atoms. The van der Waals surface area contributed by atoms with E-state index in [4.69, 9.17) is 0 Å². The maximum atomic E-state index is 13.7. The highest BCUT2D eigenvalue weighted by molar-refractivity contribution is 7.89. The van der Waals surface area contributed by atoms with Crippen LogP contribution in [0.4, 0.5) is 4.39 Å². The Hall–Kier alpha value is -1.99. The molecule has 1 atom stereocenters. The van der Waals surface area contributed by atoms with Gasteiger partial charge in [-0.25, -0.2) is 17.8 Å². The number of aromatic nitrogens is 1. The number of phenolic OH excluding ortho intramolecular Hbond substituents is 1. The molecule has 5 nitrogen and oxygen atoms in total. The van der Waals surface area contributed by atoms with Gasteiger partial charge in [0.15, 0.2) is 5.82 Å². The van der Waals surface area contributed by atoms with E-state index in [-0.39, 0.29) is 5.75 Å². The standard InChI is InChI=1S/C14H15FN2O3S/c1-10(11-6-3-4-8-13(11)18)17(2)21(19,20)14-12(15)7-5-9-16-14/h3-10,18H,1-2H3. The van der Waals surface area contributed by atoms with Crippen molar-refractivity contribution in [1.82, 2.24) is 9.29 Å². The fourth-order valence-electron chi connectivity index (χ4n) is 1.94. The first-order chi connectivity index (χ1) is 9.85. The van der Waals surface area contributed by atoms with E-state index in [1.54, 1.807) is 25.1 Å². The van der Waals surface area contributed by atoms with Crippen molar-refractivity contribution in [2.75, 3.05) is 7.05 Å². The summed E-state index contributed by atoms with van der Waals surface area (Å²) in [5.41, 5.74) is 0.430. The molecule has 1 aromatic carbocycles. The molecule has 7 heteroatoms. The topological polar surface area (TPSA) is 70.5 Å². The van der Waals surface area contributed by atoms with Crippen molar-refractivity contribution in [3.63, 3.8) is 0 Å². The molecule has 0 amide bonds. The minimum Gasteiger partial charge on any atom is -0.508 e. The molecule has 112 valence electrons. The van der Waals surface area contributed by atoms with Crippen LogP contribution < -0.4 is 0 Å². The summed E-state index contributed by atoms with van der Waals surface area (Å²) in [7, 11) is -2.78. The molecule has 0 fully saturated rings. The largest absolute Gasteiger partial charge is 0.508 e. The van der Waals surface area contributed by atoms with Crippen molar-refractivity contribution in [3.8, 4) is 5.75 Å². The number of benzene rings is 1. The van der Waals surface area contributed by atoms with E-state index in [0.29, 0.717) is 5.56 Å². The monoisotopic (exact) mass is 310 g/mol. The summed E-state index contributed by atoms with van der Waals surface area (Å²) in [6.07, 6.45) is 1.22. The molecule has 0 aliphatic rings. The van der Waals surface area contributed by atoms with E-state index in [9.17, 15) is 17.9 Å². The van der Waals surface area contributed by atoms with Crippen molar-refractivity contribution >= 4 is 10.0 Å². The third kappa shape index (κ3) is 2.88. The van der Waals surface area contributed by atoms with Gasteiger partial charge in [0.1, 0.15) is 5.75 Å². The summed E-state index contributed by atoms with van der Waals surface area (Å²) in [5.74, 6) is -0.928. The fraction of sp³-hybridized carbons (Fsp3) is 0.214. The fourth-order valence-corrected chi connectivity index (χ4v) is 3.25. The molecule has 2 aromatic rings. The molecule has 1 heterocycles. The van der Waals surface area contributed by atoms with E-state index in [0.717, 1.165) is 10.4 Å². The number of hydrogen-bond acceptors (Lipinski definition) is 4. The van der Waals surface area contributed by atoms with E-state index in [2.05, 4.69) is 4.98 Å². The van der Waals surface area contributed by atoms with Gasteiger partial charge >= 0.3 is 0 Å². The zero-order chi connectivity index (χ0) is 15.6. The van der Waals surface area contributed by atoms with Gasteiger partial charge in [-0.15, -0.1) is 0 Å². The molecule has 1 aromatic heterocycles. The first kappa shape index (κ1) is 15.4. The minimum atomic E-state index is -4.10. The molecule has 0 saturated carbocycles. The van der Waals surface area contributed by atoms with Crippen LogP contribution in [0.3, 0.4) is 0 Å². The molecule has 1 unspecified atom stereocenters. The number of pyridine rings is 1. The SMILES string of the molecule is CC(c1ccccc1O)N(C)S(=O)(=O)c1ncccc1F. The van der Waals surface area contributed by atoms with E-state index >= 15 is 0 Å². The highest BCUT2D eigenvalue weighted by Crippen LogP contribution is 2.30. The number of sulfonamides is 1. The molecule has 1 N–H and O–H groups in total. The van der Waals surface area contributed by atoms with Gasteiger partial charge in [-0.05, 0) is 25.1 Å². The zero-order valence-corrected chi connectivity index (χ0v) is 12.4. The van der Waals surface area contributed by atoms with Gasteiger partial charge in [-0.3, -0.25) is 0 Å². The zero-order valence-electron chi connectivity index (χ0n) is 11.6. The lowest BCUT2D eigenvalue weighted by Crippen LogP contribution is -2.31. The van der Waals surface area contributed by atoms with Crippen LogP contribution in [0.2, 0.25) is 0 Å². The maximum Gasteiger partial charge on any atom is 0.263 e. The van der Waals surface area contributed by atoms with Crippen LogP contribution in [0.25, 0.3) is 0 Å². The predicted molar refractivity (Wildman–Crippen MR) is 75.7 cm³/mol. The van der Waals surface area contributed by atoms with Crippen LogP contribution in [-0.4, -0.2) is 29.9 Å². The Kier molecular flexibility index (Phi) is 4.24. The number of halogens is 1. The van der Waals surface area contributed by atoms with Crippen LogP contribution in [0.15, 0.2) is 47.6 Å². The quantitative estimate of drug-likeness (QED) is 0.940. The van der Waals surface area contributed by atoms with Crippen molar-refractivity contribution in [2.24, 2.45) is 0 Å². The first-order valence-corrected chi connectivity index (χ1v) is 7.66. The number of rotatable bonds is 4. The Bertz CT molecular complexity index is 749. The van der Waals surface area contributed by atoms with Gasteiger partial charge in [-0.2, -0.15) is 4.31 Å². The van der Waals surface area contributed by atoms with E-state index < -0.39 is 26.9 Å². The molecule has 0 spiro atoms. The van der Waals surface area contributed by atoms with Gasteiger partial charge < -0.3 is 5.11 Å². The highest BCUT2D eigenvalue weighted by atomic mass is 32.2. The van der Waals surface area contributed by atoms with Crippen molar-refractivity contribution in [3.05, 3.63) is 54.0 Å². The lowest BCUT2D eigenvalue weighted by atomic mass is 10.1. The smallest absolute Gasteiger partial charge is 0.263 e. The highest BCUT2D eigenvalue weighted by Gasteiger charge is 2.30. The number of phenols is 1. The molecular formula is C14H15FN2O3S. The molecular weight excluding hydrogens is 295 g/mol. The second kappa shape index (κ2) is 5.79. The number of nitrogens with zero attached hydrogens (tertiary/aromatic N) is 2. The predicted octanol–water partition coefficient (Wildman–Crippen LogP) is 2.31. The van der Waals surface area contributed by atoms with Crippen molar-refractivity contribution in [1.29, 1.82) is 0 Å². The number of para-hydroxylation sites is 1. The van der Waals surface area contributed by atoms with Gasteiger partial charge in [0, 0.05) is 18.8 Å². The summed E-state index contributed by atoms with van der Waals surface area (Å²) in [4.78, 5) is 3.60. The summed E-state index contributed by atoms with van der Waals surface area (Å²) in [5, 5.41) is 9.18. The van der Waals surface area contributed by atoms with Crippen molar-refractivity contribution < 1.29 is 17.9 Å². The van der Waals surface area contributed by atoms with Gasteiger partial charge in [0.05, 0.1) is 6.04 Å². The van der Waals surface area contributed by atoms with Crippen LogP contribution in [0.1, 0.15) is 18.5 Å². The first-order valence-electron chi connectivity index (χ1n) is 6.22. The molecule has 0 bridgehead atoms. The summed E-state index contributed by atoms with van der Waals surface area (Å²) in [6, 6.07) is 8.09. The molecule has 0 aliphatic heterocycles. The van der Waals surface area contributed by atoms with Crippen LogP contribution in [0.5, 0.6) is 5.75 Å². The molecule has 0 saturated heterocycles. The third-order valence-corrected chi connectivity index (χ3v) is 5.14. The van der Waals surface area contributed by atoms with E-state index in [1.807, 2.05) is 0 Å². The second-order valence-electron chi connectivity index (χ2n) is 4.55. The van der Waals surface area contributed by atoms with Crippen LogP contribution >= 0.6 is 0 Å². The second-order valence-corrected chi connectivity index (χ2v) is 6.46. The summed E-state index contributed by atoms with van der Waals surface area (Å²) in [6.45, 7) is 1.60. The third-order valence-electron chi connectivity index (χ3n) is 3.28. The lowest BCUT2D eigenvalue weighted by molar-refractivity contribution is 0.377. The Morgan fingerprint density at radius 3 is 2.52 bits per heavy atom. The Labute approximate surface area is 122 Å². The molecule has 2 rings (SSSR count). The number of aromatic hydroxyl groups is 1. The lowest BCUT2D eigenvalue weighted by Gasteiger charge is -2.24. The minimum absolute atomic E-state index is 0.0199. The Balaban J connectivity index is 2.42. The number of hydrogen-bond donors (Lipinski definition) is 1.